The number of hydrogen-bond donors (Lipinski definition) is 1. The number of para-hydroxylation sites is 1. The van der Waals surface area contributed by atoms with Gasteiger partial charge in [0.15, 0.2) is 0 Å². The van der Waals surface area contributed by atoms with Crippen LogP contribution in [0.3, 0.4) is 0 Å². The van der Waals surface area contributed by atoms with E-state index in [0.717, 1.165) is 24.7 Å². The first kappa shape index (κ1) is 13.6. The minimum absolute atomic E-state index is 0.111. The minimum Gasteiger partial charge on any atom is -0.491 e. The molecule has 1 atom stereocenters. The number of imidazole rings is 1. The van der Waals surface area contributed by atoms with Gasteiger partial charge in [0.05, 0.1) is 0 Å². The van der Waals surface area contributed by atoms with E-state index in [0.29, 0.717) is 6.61 Å². The Balaban J connectivity index is 2.04. The lowest BCUT2D eigenvalue weighted by Gasteiger charge is -2.19. The summed E-state index contributed by atoms with van der Waals surface area (Å²) in [5, 5.41) is 3.42. The van der Waals surface area contributed by atoms with Crippen LogP contribution in [0, 0.1) is 0 Å². The van der Waals surface area contributed by atoms with Gasteiger partial charge in [-0.2, -0.15) is 0 Å². The third-order valence-electron chi connectivity index (χ3n) is 3.01. The molecule has 1 aromatic carbocycles. The lowest BCUT2D eigenvalue weighted by atomic mass is 10.2. The molecule has 1 heterocycles. The number of benzene rings is 1. The first-order valence-corrected chi connectivity index (χ1v) is 6.77. The number of likely N-dealkylation sites (N-methyl/N-ethyl adjacent to an activating group) is 1. The molecule has 0 fully saturated rings. The van der Waals surface area contributed by atoms with Crippen LogP contribution in [0.15, 0.2) is 42.7 Å². The molecule has 2 aromatic rings. The fourth-order valence-corrected chi connectivity index (χ4v) is 2.07. The predicted molar refractivity (Wildman–Crippen MR) is 76.3 cm³/mol. The summed E-state index contributed by atoms with van der Waals surface area (Å²) in [5.74, 6) is 1.92. The number of hydrogen-bond acceptors (Lipinski definition) is 3. The van der Waals surface area contributed by atoms with Crippen LogP contribution in [0.1, 0.15) is 25.7 Å². The normalized spacial score (nSPS) is 12.3. The fraction of sp³-hybridized carbons (Fsp3) is 0.400. The summed E-state index contributed by atoms with van der Waals surface area (Å²) in [4.78, 5) is 4.44. The molecule has 0 radical (unpaired) electrons. The summed E-state index contributed by atoms with van der Waals surface area (Å²) in [6.07, 6.45) is 3.84. The maximum absolute atomic E-state index is 5.83. The fourth-order valence-electron chi connectivity index (χ4n) is 2.07. The third-order valence-corrected chi connectivity index (χ3v) is 3.01. The van der Waals surface area contributed by atoms with Crippen LogP contribution in [-0.2, 0) is 6.54 Å². The van der Waals surface area contributed by atoms with Crippen molar-refractivity contribution in [2.24, 2.45) is 0 Å². The molecule has 0 aliphatic carbocycles. The van der Waals surface area contributed by atoms with Gasteiger partial charge in [0.25, 0.3) is 0 Å². The number of aromatic nitrogens is 2. The Kier molecular flexibility index (Phi) is 4.98. The van der Waals surface area contributed by atoms with Crippen molar-refractivity contribution >= 4 is 0 Å². The average Bonchev–Trinajstić information content (AvgIpc) is 2.93. The molecule has 0 bridgehead atoms. The van der Waals surface area contributed by atoms with Crippen LogP contribution >= 0.6 is 0 Å². The van der Waals surface area contributed by atoms with E-state index in [9.17, 15) is 0 Å². The van der Waals surface area contributed by atoms with E-state index in [1.807, 2.05) is 42.7 Å². The van der Waals surface area contributed by atoms with Gasteiger partial charge in [-0.1, -0.05) is 25.1 Å². The first-order chi connectivity index (χ1) is 9.35. The van der Waals surface area contributed by atoms with Gasteiger partial charge in [-0.3, -0.25) is 0 Å². The smallest absolute Gasteiger partial charge is 0.129 e. The van der Waals surface area contributed by atoms with E-state index in [-0.39, 0.29) is 6.04 Å². The summed E-state index contributed by atoms with van der Waals surface area (Å²) in [6.45, 7) is 6.60. The van der Waals surface area contributed by atoms with Crippen molar-refractivity contribution in [2.75, 3.05) is 13.2 Å². The van der Waals surface area contributed by atoms with Gasteiger partial charge in [0.1, 0.15) is 24.2 Å². The number of nitrogens with zero attached hydrogens (tertiary/aromatic N) is 2. The highest BCUT2D eigenvalue weighted by molar-refractivity contribution is 5.21. The van der Waals surface area contributed by atoms with Crippen LogP contribution in [-0.4, -0.2) is 22.7 Å². The lowest BCUT2D eigenvalue weighted by Crippen LogP contribution is -2.29. The lowest BCUT2D eigenvalue weighted by molar-refractivity contribution is 0.259. The summed E-state index contributed by atoms with van der Waals surface area (Å²) < 4.78 is 7.97. The van der Waals surface area contributed by atoms with Gasteiger partial charge < -0.3 is 14.6 Å². The van der Waals surface area contributed by atoms with E-state index in [1.165, 1.54) is 0 Å². The zero-order valence-electron chi connectivity index (χ0n) is 11.5. The van der Waals surface area contributed by atoms with E-state index in [4.69, 9.17) is 4.74 Å². The number of nitrogens with one attached hydrogen (secondary N) is 1. The highest BCUT2D eigenvalue weighted by atomic mass is 16.5. The zero-order chi connectivity index (χ0) is 13.5. The summed E-state index contributed by atoms with van der Waals surface area (Å²) in [5.41, 5.74) is 0. The average molecular weight is 259 g/mol. The monoisotopic (exact) mass is 259 g/mol. The minimum atomic E-state index is 0.111. The largest absolute Gasteiger partial charge is 0.491 e. The van der Waals surface area contributed by atoms with Crippen LogP contribution in [0.5, 0.6) is 5.75 Å². The quantitative estimate of drug-likeness (QED) is 0.831. The van der Waals surface area contributed by atoms with Gasteiger partial charge in [-0.25, -0.2) is 4.98 Å². The number of rotatable bonds is 7. The molecular formula is C15H21N3O. The molecule has 2 rings (SSSR count). The molecule has 0 aliphatic heterocycles. The van der Waals surface area contributed by atoms with E-state index >= 15 is 0 Å². The summed E-state index contributed by atoms with van der Waals surface area (Å²) >= 11 is 0. The van der Waals surface area contributed by atoms with Gasteiger partial charge in [-0.15, -0.1) is 0 Å². The van der Waals surface area contributed by atoms with Gasteiger partial charge >= 0.3 is 0 Å². The van der Waals surface area contributed by atoms with Crippen LogP contribution < -0.4 is 10.1 Å². The van der Waals surface area contributed by atoms with Crippen LogP contribution in [0.4, 0.5) is 0 Å². The second-order valence-corrected chi connectivity index (χ2v) is 4.31. The van der Waals surface area contributed by atoms with Gasteiger partial charge in [0, 0.05) is 18.9 Å². The third kappa shape index (κ3) is 3.58. The molecule has 0 saturated carbocycles. The highest BCUT2D eigenvalue weighted by Gasteiger charge is 2.16. The Hall–Kier alpha value is -1.81. The molecule has 1 aromatic heterocycles. The molecule has 102 valence electrons. The second-order valence-electron chi connectivity index (χ2n) is 4.31. The van der Waals surface area contributed by atoms with Crippen molar-refractivity contribution in [1.82, 2.24) is 14.9 Å². The Morgan fingerprint density at radius 1 is 1.26 bits per heavy atom. The van der Waals surface area contributed by atoms with Crippen molar-refractivity contribution in [3.8, 4) is 5.75 Å². The highest BCUT2D eigenvalue weighted by Crippen LogP contribution is 2.15. The number of ether oxygens (including phenoxy) is 1. The first-order valence-electron chi connectivity index (χ1n) is 6.77. The van der Waals surface area contributed by atoms with Gasteiger partial charge in [0.2, 0.25) is 0 Å². The summed E-state index contributed by atoms with van der Waals surface area (Å²) in [7, 11) is 0. The van der Waals surface area contributed by atoms with E-state index < -0.39 is 0 Å². The molecule has 4 heteroatoms. The molecule has 19 heavy (non-hydrogen) atoms. The molecule has 0 spiro atoms. The predicted octanol–water partition coefficient (Wildman–Crippen LogP) is 2.63. The van der Waals surface area contributed by atoms with Crippen LogP contribution in [0.2, 0.25) is 0 Å². The maximum atomic E-state index is 5.83. The molecule has 1 unspecified atom stereocenters. The SMILES string of the molecule is CCNC(COc1ccccc1)c1nccn1CC. The zero-order valence-corrected chi connectivity index (χ0v) is 11.5. The molecule has 0 saturated heterocycles. The molecule has 1 N–H and O–H groups in total. The Bertz CT molecular complexity index is 481. The molecular weight excluding hydrogens is 238 g/mol. The van der Waals surface area contributed by atoms with Crippen molar-refractivity contribution < 1.29 is 4.74 Å². The second kappa shape index (κ2) is 6.95. The van der Waals surface area contributed by atoms with Gasteiger partial charge in [-0.05, 0) is 25.6 Å². The summed E-state index contributed by atoms with van der Waals surface area (Å²) in [6, 6.07) is 9.98. The van der Waals surface area contributed by atoms with Crippen molar-refractivity contribution in [3.63, 3.8) is 0 Å². The van der Waals surface area contributed by atoms with Crippen molar-refractivity contribution in [2.45, 2.75) is 26.4 Å². The Labute approximate surface area is 114 Å². The molecule has 4 nitrogen and oxygen atoms in total. The molecule has 0 aliphatic rings. The van der Waals surface area contributed by atoms with E-state index in [2.05, 4.69) is 28.7 Å². The standard InChI is InChI=1S/C15H21N3O/c1-3-16-14(15-17-10-11-18(15)4-2)12-19-13-8-6-5-7-9-13/h5-11,14,16H,3-4,12H2,1-2H3. The van der Waals surface area contributed by atoms with E-state index in [1.54, 1.807) is 0 Å². The maximum Gasteiger partial charge on any atom is 0.129 e. The Morgan fingerprint density at radius 2 is 2.05 bits per heavy atom. The Morgan fingerprint density at radius 3 is 2.74 bits per heavy atom. The molecule has 0 amide bonds. The van der Waals surface area contributed by atoms with Crippen LogP contribution in [0.25, 0.3) is 0 Å². The topological polar surface area (TPSA) is 39.1 Å². The number of aryl methyl sites for hydroxylation is 1. The van der Waals surface area contributed by atoms with Crippen molar-refractivity contribution in [1.29, 1.82) is 0 Å². The van der Waals surface area contributed by atoms with Crippen molar-refractivity contribution in [3.05, 3.63) is 48.5 Å².